The highest BCUT2D eigenvalue weighted by Crippen LogP contribution is 2.16. The highest BCUT2D eigenvalue weighted by atomic mass is 19.1. The zero-order chi connectivity index (χ0) is 15.4. The molecule has 0 saturated carbocycles. The minimum absolute atomic E-state index is 0.0254. The smallest absolute Gasteiger partial charge is 0.251 e. The Morgan fingerprint density at radius 2 is 1.90 bits per heavy atom. The lowest BCUT2D eigenvalue weighted by Crippen LogP contribution is -2.26. The number of aryl methyl sites for hydroxylation is 1. The molecule has 2 rings (SSSR count). The third-order valence-electron chi connectivity index (χ3n) is 3.49. The Morgan fingerprint density at radius 1 is 1.24 bits per heavy atom. The van der Waals surface area contributed by atoms with Crippen LogP contribution in [0.15, 0.2) is 42.5 Å². The fourth-order valence-electron chi connectivity index (χ4n) is 2.09. The van der Waals surface area contributed by atoms with Gasteiger partial charge in [-0.1, -0.05) is 31.2 Å². The van der Waals surface area contributed by atoms with Crippen LogP contribution in [0.25, 0.3) is 0 Å². The van der Waals surface area contributed by atoms with Gasteiger partial charge in [-0.15, -0.1) is 0 Å². The highest BCUT2D eigenvalue weighted by molar-refractivity contribution is 5.95. The summed E-state index contributed by atoms with van der Waals surface area (Å²) in [6.45, 7) is 4.00. The standard InChI is InChI=1S/C17H19FN2O/c1-3-12-4-6-13(7-5-12)11(2)20-17(21)14-8-9-15(18)16(19)10-14/h4-11H,3,19H2,1-2H3,(H,20,21). The number of nitrogens with two attached hydrogens (primary N) is 1. The van der Waals surface area contributed by atoms with Crippen LogP contribution >= 0.6 is 0 Å². The second kappa shape index (κ2) is 6.39. The molecule has 110 valence electrons. The summed E-state index contributed by atoms with van der Waals surface area (Å²) in [6, 6.07) is 11.9. The summed E-state index contributed by atoms with van der Waals surface area (Å²) < 4.78 is 13.1. The van der Waals surface area contributed by atoms with E-state index in [-0.39, 0.29) is 17.6 Å². The summed E-state index contributed by atoms with van der Waals surface area (Å²) >= 11 is 0. The second-order valence-corrected chi connectivity index (χ2v) is 5.03. The van der Waals surface area contributed by atoms with Crippen LogP contribution in [0.4, 0.5) is 10.1 Å². The van der Waals surface area contributed by atoms with Crippen molar-refractivity contribution in [2.24, 2.45) is 0 Å². The van der Waals surface area contributed by atoms with Crippen LogP contribution < -0.4 is 11.1 Å². The van der Waals surface area contributed by atoms with Crippen molar-refractivity contribution in [3.8, 4) is 0 Å². The van der Waals surface area contributed by atoms with Gasteiger partial charge in [0.05, 0.1) is 11.7 Å². The van der Waals surface area contributed by atoms with Crippen molar-refractivity contribution in [1.29, 1.82) is 0 Å². The summed E-state index contributed by atoms with van der Waals surface area (Å²) in [6.07, 6.45) is 0.982. The number of benzene rings is 2. The van der Waals surface area contributed by atoms with E-state index in [9.17, 15) is 9.18 Å². The molecule has 1 atom stereocenters. The molecule has 3 nitrogen and oxygen atoms in total. The van der Waals surface area contributed by atoms with Crippen molar-refractivity contribution >= 4 is 11.6 Å². The zero-order valence-electron chi connectivity index (χ0n) is 12.2. The summed E-state index contributed by atoms with van der Waals surface area (Å²) in [4.78, 5) is 12.1. The Bertz CT molecular complexity index is 638. The van der Waals surface area contributed by atoms with E-state index in [1.165, 1.54) is 23.8 Å². The lowest BCUT2D eigenvalue weighted by molar-refractivity contribution is 0.0940. The van der Waals surface area contributed by atoms with E-state index < -0.39 is 5.82 Å². The molecule has 0 aromatic heterocycles. The van der Waals surface area contributed by atoms with E-state index in [0.717, 1.165) is 12.0 Å². The molecule has 0 aliphatic carbocycles. The molecule has 0 saturated heterocycles. The summed E-state index contributed by atoms with van der Waals surface area (Å²) in [5.74, 6) is -0.788. The molecule has 0 fully saturated rings. The van der Waals surface area contributed by atoms with Crippen LogP contribution in [0.2, 0.25) is 0 Å². The largest absolute Gasteiger partial charge is 0.396 e. The van der Waals surface area contributed by atoms with Crippen molar-refractivity contribution in [2.75, 3.05) is 5.73 Å². The van der Waals surface area contributed by atoms with E-state index in [1.807, 2.05) is 31.2 Å². The van der Waals surface area contributed by atoms with Crippen molar-refractivity contribution in [1.82, 2.24) is 5.32 Å². The van der Waals surface area contributed by atoms with Gasteiger partial charge < -0.3 is 11.1 Å². The Balaban J connectivity index is 2.08. The van der Waals surface area contributed by atoms with Gasteiger partial charge in [0.1, 0.15) is 5.82 Å². The van der Waals surface area contributed by atoms with Gasteiger partial charge in [0, 0.05) is 5.56 Å². The first-order valence-electron chi connectivity index (χ1n) is 6.96. The lowest BCUT2D eigenvalue weighted by Gasteiger charge is -2.15. The number of rotatable bonds is 4. The molecule has 21 heavy (non-hydrogen) atoms. The topological polar surface area (TPSA) is 55.1 Å². The molecule has 1 amide bonds. The third-order valence-corrected chi connectivity index (χ3v) is 3.49. The lowest BCUT2D eigenvalue weighted by atomic mass is 10.0. The number of nitrogens with one attached hydrogen (secondary N) is 1. The van der Waals surface area contributed by atoms with Crippen LogP contribution in [0, 0.1) is 5.82 Å². The molecule has 0 spiro atoms. The number of nitrogen functional groups attached to an aromatic ring is 1. The average Bonchev–Trinajstić information content (AvgIpc) is 2.50. The molecule has 2 aromatic rings. The third kappa shape index (κ3) is 3.60. The Hall–Kier alpha value is -2.36. The van der Waals surface area contributed by atoms with E-state index >= 15 is 0 Å². The van der Waals surface area contributed by atoms with Crippen LogP contribution in [0.1, 0.15) is 41.4 Å². The molecule has 0 bridgehead atoms. The molecule has 1 unspecified atom stereocenters. The number of halogens is 1. The maximum Gasteiger partial charge on any atom is 0.251 e. The van der Waals surface area contributed by atoms with Gasteiger partial charge in [0.15, 0.2) is 0 Å². The van der Waals surface area contributed by atoms with Gasteiger partial charge in [-0.25, -0.2) is 4.39 Å². The Labute approximate surface area is 124 Å². The van der Waals surface area contributed by atoms with Gasteiger partial charge in [-0.3, -0.25) is 4.79 Å². The normalized spacial score (nSPS) is 12.0. The number of carbonyl (C=O) groups excluding carboxylic acids is 1. The summed E-state index contributed by atoms with van der Waals surface area (Å²) in [5.41, 5.74) is 8.08. The van der Waals surface area contributed by atoms with Gasteiger partial charge in [-0.2, -0.15) is 0 Å². The van der Waals surface area contributed by atoms with Gasteiger partial charge in [0.25, 0.3) is 5.91 Å². The number of carbonyl (C=O) groups is 1. The molecular formula is C17H19FN2O. The van der Waals surface area contributed by atoms with E-state index in [1.54, 1.807) is 0 Å². The predicted octanol–water partition coefficient (Wildman–Crippen LogP) is 3.46. The maximum absolute atomic E-state index is 13.1. The quantitative estimate of drug-likeness (QED) is 0.846. The molecule has 4 heteroatoms. The first kappa shape index (κ1) is 15.0. The van der Waals surface area contributed by atoms with E-state index in [4.69, 9.17) is 5.73 Å². The molecule has 3 N–H and O–H groups in total. The van der Waals surface area contributed by atoms with Crippen molar-refractivity contribution < 1.29 is 9.18 Å². The van der Waals surface area contributed by atoms with Gasteiger partial charge in [-0.05, 0) is 42.7 Å². The molecular weight excluding hydrogens is 267 g/mol. The van der Waals surface area contributed by atoms with E-state index in [2.05, 4.69) is 12.2 Å². The predicted molar refractivity (Wildman–Crippen MR) is 82.5 cm³/mol. The number of anilines is 1. The fraction of sp³-hybridized carbons (Fsp3) is 0.235. The van der Waals surface area contributed by atoms with Gasteiger partial charge in [0.2, 0.25) is 0 Å². The minimum Gasteiger partial charge on any atom is -0.396 e. The monoisotopic (exact) mass is 286 g/mol. The Kier molecular flexibility index (Phi) is 4.58. The highest BCUT2D eigenvalue weighted by Gasteiger charge is 2.12. The average molecular weight is 286 g/mol. The van der Waals surface area contributed by atoms with Crippen molar-refractivity contribution in [3.63, 3.8) is 0 Å². The molecule has 0 aliphatic rings. The number of hydrogen-bond donors (Lipinski definition) is 2. The SMILES string of the molecule is CCc1ccc(C(C)NC(=O)c2ccc(F)c(N)c2)cc1. The molecule has 0 heterocycles. The van der Waals surface area contributed by atoms with Crippen LogP contribution in [0.5, 0.6) is 0 Å². The van der Waals surface area contributed by atoms with E-state index in [0.29, 0.717) is 5.56 Å². The fourth-order valence-corrected chi connectivity index (χ4v) is 2.09. The second-order valence-electron chi connectivity index (χ2n) is 5.03. The molecule has 0 radical (unpaired) electrons. The van der Waals surface area contributed by atoms with Crippen LogP contribution in [-0.4, -0.2) is 5.91 Å². The van der Waals surface area contributed by atoms with Crippen LogP contribution in [-0.2, 0) is 6.42 Å². The van der Waals surface area contributed by atoms with Crippen molar-refractivity contribution in [2.45, 2.75) is 26.3 Å². The number of hydrogen-bond acceptors (Lipinski definition) is 2. The first-order chi connectivity index (χ1) is 10.0. The van der Waals surface area contributed by atoms with Crippen LogP contribution in [0.3, 0.4) is 0 Å². The molecule has 2 aromatic carbocycles. The minimum atomic E-state index is -0.519. The maximum atomic E-state index is 13.1. The summed E-state index contributed by atoms with van der Waals surface area (Å²) in [7, 11) is 0. The number of amides is 1. The van der Waals surface area contributed by atoms with Gasteiger partial charge >= 0.3 is 0 Å². The summed E-state index contributed by atoms with van der Waals surface area (Å²) in [5, 5.41) is 2.88. The Morgan fingerprint density at radius 3 is 2.48 bits per heavy atom. The van der Waals surface area contributed by atoms with Crippen molar-refractivity contribution in [3.05, 3.63) is 65.0 Å². The molecule has 0 aliphatic heterocycles. The zero-order valence-corrected chi connectivity index (χ0v) is 12.2. The first-order valence-corrected chi connectivity index (χ1v) is 6.96.